The highest BCUT2D eigenvalue weighted by atomic mass is 35.5. The average molecular weight is 395 g/mol. The number of β-lactam (4-membered cyclic amide) rings is 1. The van der Waals surface area contributed by atoms with E-state index < -0.39 is 12.0 Å². The summed E-state index contributed by atoms with van der Waals surface area (Å²) in [5.74, 6) is 0.807. The number of carbonyl (C=O) groups excluding carboxylic acids is 2. The maximum absolute atomic E-state index is 12.7. The zero-order valence-corrected chi connectivity index (χ0v) is 15.8. The number of methoxy groups -OCH3 is 1. The molecule has 138 valence electrons. The Hall–Kier alpha value is -1.96. The Labute approximate surface area is 160 Å². The maximum atomic E-state index is 12.7. The highest BCUT2D eigenvalue weighted by molar-refractivity contribution is 8.00. The molecule has 1 aromatic rings. The van der Waals surface area contributed by atoms with E-state index in [1.807, 2.05) is 12.1 Å². The minimum absolute atomic E-state index is 0.102. The van der Waals surface area contributed by atoms with Crippen molar-refractivity contribution in [1.82, 2.24) is 4.90 Å². The van der Waals surface area contributed by atoms with Crippen LogP contribution in [-0.4, -0.2) is 46.9 Å². The molecule has 1 aromatic carbocycles. The van der Waals surface area contributed by atoms with Gasteiger partial charge < -0.3 is 15.2 Å². The van der Waals surface area contributed by atoms with E-state index in [0.29, 0.717) is 17.2 Å². The molecule has 0 bridgehead atoms. The first-order valence-corrected chi connectivity index (χ1v) is 9.61. The highest BCUT2D eigenvalue weighted by Gasteiger charge is 2.51. The zero-order valence-electron chi connectivity index (χ0n) is 14.2. The fourth-order valence-corrected chi connectivity index (χ4v) is 4.14. The van der Waals surface area contributed by atoms with Gasteiger partial charge in [0.05, 0.1) is 7.11 Å². The second-order valence-electron chi connectivity index (χ2n) is 5.79. The molecule has 1 fully saturated rings. The van der Waals surface area contributed by atoms with Gasteiger partial charge in [-0.1, -0.05) is 24.3 Å². The fourth-order valence-electron chi connectivity index (χ4n) is 2.78. The maximum Gasteiger partial charge on any atom is 0.355 e. The summed E-state index contributed by atoms with van der Waals surface area (Å²) in [5.41, 5.74) is 7.64. The molecule has 2 heterocycles. The van der Waals surface area contributed by atoms with Crippen molar-refractivity contribution in [3.8, 4) is 5.75 Å². The Kier molecular flexibility index (Phi) is 5.90. The van der Waals surface area contributed by atoms with Crippen LogP contribution >= 0.6 is 23.4 Å². The Morgan fingerprint density at radius 3 is 2.81 bits per heavy atom. The number of fused-ring (bicyclic) bond motifs is 1. The Morgan fingerprint density at radius 1 is 1.42 bits per heavy atom. The summed E-state index contributed by atoms with van der Waals surface area (Å²) in [4.78, 5) is 26.3. The molecule has 0 spiro atoms. The number of hydrogen-bond acceptors (Lipinski definition) is 6. The summed E-state index contributed by atoms with van der Waals surface area (Å²) in [7, 11) is 1.59. The number of hydrogen-bond donors (Lipinski definition) is 1. The lowest BCUT2D eigenvalue weighted by Crippen LogP contribution is -2.68. The third kappa shape index (κ3) is 3.60. The second kappa shape index (κ2) is 8.16. The molecule has 8 heteroatoms. The van der Waals surface area contributed by atoms with Crippen molar-refractivity contribution in [2.45, 2.75) is 18.0 Å². The number of thioether (sulfide) groups is 1. The number of nitrogens with two attached hydrogens (primary N) is 1. The zero-order chi connectivity index (χ0) is 18.7. The molecule has 2 aliphatic rings. The van der Waals surface area contributed by atoms with Crippen LogP contribution in [0.2, 0.25) is 0 Å². The molecular formula is C18H19ClN2O4S. The van der Waals surface area contributed by atoms with E-state index >= 15 is 0 Å². The van der Waals surface area contributed by atoms with Crippen LogP contribution in [0.25, 0.3) is 0 Å². The first-order valence-electron chi connectivity index (χ1n) is 8.02. The number of ether oxygens (including phenoxy) is 2. The molecular weight excluding hydrogens is 376 g/mol. The Balaban J connectivity index is 1.77. The van der Waals surface area contributed by atoms with Crippen molar-refractivity contribution in [2.24, 2.45) is 5.73 Å². The van der Waals surface area contributed by atoms with Crippen molar-refractivity contribution in [3.05, 3.63) is 53.3 Å². The molecule has 2 aliphatic heterocycles. The van der Waals surface area contributed by atoms with E-state index in [-0.39, 0.29) is 23.6 Å². The summed E-state index contributed by atoms with van der Waals surface area (Å²) < 4.78 is 10.5. The number of alkyl halides is 1. The topological polar surface area (TPSA) is 81.9 Å². The standard InChI is InChI=1S/C18H19ClN2O4S/c1-24-13-6-4-11(5-7-13)9-25-18(23)15-12(3-2-8-19)10-26-17-14(20)16(22)21(15)17/h2-7,14,17H,8-10,20H2,1H3/b3-2+. The van der Waals surface area contributed by atoms with Gasteiger partial charge in [0.25, 0.3) is 0 Å². The van der Waals surface area contributed by atoms with Crippen LogP contribution in [-0.2, 0) is 20.9 Å². The van der Waals surface area contributed by atoms with E-state index in [1.165, 1.54) is 16.7 Å². The minimum Gasteiger partial charge on any atom is -0.497 e. The number of rotatable bonds is 6. The molecule has 2 N–H and O–H groups in total. The lowest BCUT2D eigenvalue weighted by molar-refractivity contribution is -0.151. The van der Waals surface area contributed by atoms with Crippen molar-refractivity contribution >= 4 is 35.2 Å². The predicted octanol–water partition coefficient (Wildman–Crippen LogP) is 2.03. The van der Waals surface area contributed by atoms with Crippen LogP contribution in [0.5, 0.6) is 5.75 Å². The predicted molar refractivity (Wildman–Crippen MR) is 101 cm³/mol. The van der Waals surface area contributed by atoms with Gasteiger partial charge >= 0.3 is 5.97 Å². The van der Waals surface area contributed by atoms with Crippen molar-refractivity contribution in [3.63, 3.8) is 0 Å². The molecule has 0 aromatic heterocycles. The number of benzene rings is 1. The molecule has 1 saturated heterocycles. The van der Waals surface area contributed by atoms with Crippen LogP contribution < -0.4 is 10.5 Å². The smallest absolute Gasteiger partial charge is 0.355 e. The summed E-state index contributed by atoms with van der Waals surface area (Å²) in [6.07, 6.45) is 3.50. The normalized spacial score (nSPS) is 22.3. The van der Waals surface area contributed by atoms with Gasteiger partial charge in [-0.15, -0.1) is 23.4 Å². The van der Waals surface area contributed by atoms with E-state index in [9.17, 15) is 9.59 Å². The van der Waals surface area contributed by atoms with Crippen LogP contribution in [0, 0.1) is 0 Å². The van der Waals surface area contributed by atoms with E-state index in [2.05, 4.69) is 0 Å². The molecule has 0 radical (unpaired) electrons. The number of halogens is 1. The second-order valence-corrected chi connectivity index (χ2v) is 7.20. The number of nitrogens with zero attached hydrogens (tertiary/aromatic N) is 1. The summed E-state index contributed by atoms with van der Waals surface area (Å²) in [5, 5.41) is -0.223. The van der Waals surface area contributed by atoms with Gasteiger partial charge in [-0.05, 0) is 23.3 Å². The van der Waals surface area contributed by atoms with E-state index in [4.69, 9.17) is 26.8 Å². The Bertz CT molecular complexity index is 763. The first-order chi connectivity index (χ1) is 12.6. The molecule has 0 saturated carbocycles. The first kappa shape index (κ1) is 18.8. The van der Waals surface area contributed by atoms with Gasteiger partial charge in [0.1, 0.15) is 29.5 Å². The summed E-state index contributed by atoms with van der Waals surface area (Å²) >= 11 is 7.23. The monoisotopic (exact) mass is 394 g/mol. The number of allylic oxidation sites excluding steroid dienone is 2. The summed E-state index contributed by atoms with van der Waals surface area (Å²) in [6, 6.07) is 6.64. The molecule has 1 amide bonds. The van der Waals surface area contributed by atoms with Gasteiger partial charge in [0.2, 0.25) is 5.91 Å². The Morgan fingerprint density at radius 2 is 2.15 bits per heavy atom. The number of esters is 1. The van der Waals surface area contributed by atoms with Gasteiger partial charge in [0.15, 0.2) is 0 Å². The lowest BCUT2D eigenvalue weighted by Gasteiger charge is -2.48. The SMILES string of the molecule is COc1ccc(COC(=O)C2=C(/C=C/CCl)CSC3C(N)C(=O)N23)cc1. The van der Waals surface area contributed by atoms with Gasteiger partial charge in [-0.25, -0.2) is 4.79 Å². The molecule has 2 unspecified atom stereocenters. The number of carbonyl (C=O) groups is 2. The number of amides is 1. The van der Waals surface area contributed by atoms with Crippen molar-refractivity contribution < 1.29 is 19.1 Å². The third-order valence-corrected chi connectivity index (χ3v) is 5.67. The van der Waals surface area contributed by atoms with Gasteiger partial charge in [0, 0.05) is 11.6 Å². The summed E-state index contributed by atoms with van der Waals surface area (Å²) in [6.45, 7) is 0.102. The lowest BCUT2D eigenvalue weighted by atomic mass is 10.0. The van der Waals surface area contributed by atoms with E-state index in [0.717, 1.165) is 11.3 Å². The molecule has 26 heavy (non-hydrogen) atoms. The van der Waals surface area contributed by atoms with E-state index in [1.54, 1.807) is 31.4 Å². The van der Waals surface area contributed by atoms with Crippen LogP contribution in [0.3, 0.4) is 0 Å². The highest BCUT2D eigenvalue weighted by Crippen LogP contribution is 2.40. The molecule has 2 atom stereocenters. The quantitative estimate of drug-likeness (QED) is 0.451. The van der Waals surface area contributed by atoms with Gasteiger partial charge in [-0.3, -0.25) is 9.69 Å². The largest absolute Gasteiger partial charge is 0.497 e. The fraction of sp³-hybridized carbons (Fsp3) is 0.333. The molecule has 6 nitrogen and oxygen atoms in total. The van der Waals surface area contributed by atoms with Crippen LogP contribution in [0.1, 0.15) is 5.56 Å². The van der Waals surface area contributed by atoms with Crippen LogP contribution in [0.15, 0.2) is 47.7 Å². The van der Waals surface area contributed by atoms with Crippen molar-refractivity contribution in [2.75, 3.05) is 18.7 Å². The molecule has 3 rings (SSSR count). The molecule has 0 aliphatic carbocycles. The van der Waals surface area contributed by atoms with Crippen LogP contribution in [0.4, 0.5) is 0 Å². The van der Waals surface area contributed by atoms with Crippen molar-refractivity contribution in [1.29, 1.82) is 0 Å². The average Bonchev–Trinajstić information content (AvgIpc) is 2.69. The minimum atomic E-state index is -0.581. The van der Waals surface area contributed by atoms with Gasteiger partial charge in [-0.2, -0.15) is 0 Å². The third-order valence-electron chi connectivity index (χ3n) is 4.17.